The van der Waals surface area contributed by atoms with Gasteiger partial charge in [-0.1, -0.05) is 41.4 Å². The lowest BCUT2D eigenvalue weighted by molar-refractivity contribution is 0.100. The van der Waals surface area contributed by atoms with Crippen LogP contribution in [-0.4, -0.2) is 5.91 Å². The van der Waals surface area contributed by atoms with E-state index < -0.39 is 5.91 Å². The van der Waals surface area contributed by atoms with Crippen molar-refractivity contribution in [1.29, 1.82) is 0 Å². The van der Waals surface area contributed by atoms with Crippen LogP contribution in [0.15, 0.2) is 42.5 Å². The van der Waals surface area contributed by atoms with Gasteiger partial charge in [-0.3, -0.25) is 4.79 Å². The molecule has 0 aliphatic heterocycles. The summed E-state index contributed by atoms with van der Waals surface area (Å²) in [5.74, 6) is -0.491. The highest BCUT2D eigenvalue weighted by Gasteiger charge is 2.12. The maximum atomic E-state index is 11.2. The number of benzene rings is 2. The Balaban J connectivity index is 2.28. The van der Waals surface area contributed by atoms with Crippen LogP contribution in [0.3, 0.4) is 0 Å². The van der Waals surface area contributed by atoms with E-state index in [1.54, 1.807) is 18.2 Å². The molecule has 1 amide bonds. The van der Waals surface area contributed by atoms with Gasteiger partial charge >= 0.3 is 0 Å². The van der Waals surface area contributed by atoms with Gasteiger partial charge in [0.2, 0.25) is 5.91 Å². The van der Waals surface area contributed by atoms with Crippen molar-refractivity contribution in [3.63, 3.8) is 0 Å². The van der Waals surface area contributed by atoms with Crippen LogP contribution in [0.1, 0.15) is 28.9 Å². The lowest BCUT2D eigenvalue weighted by Gasteiger charge is -2.18. The van der Waals surface area contributed by atoms with Gasteiger partial charge in [-0.05, 0) is 36.8 Å². The molecule has 0 spiro atoms. The third kappa shape index (κ3) is 3.24. The van der Waals surface area contributed by atoms with Crippen LogP contribution < -0.4 is 11.1 Å². The predicted octanol–water partition coefficient (Wildman–Crippen LogP) is 4.27. The summed E-state index contributed by atoms with van der Waals surface area (Å²) < 4.78 is 0. The molecule has 2 rings (SSSR count). The van der Waals surface area contributed by atoms with Crippen LogP contribution in [0, 0.1) is 0 Å². The van der Waals surface area contributed by atoms with E-state index >= 15 is 0 Å². The van der Waals surface area contributed by atoms with Gasteiger partial charge in [0.15, 0.2) is 0 Å². The second-order valence-electron chi connectivity index (χ2n) is 4.45. The van der Waals surface area contributed by atoms with Crippen molar-refractivity contribution in [2.75, 3.05) is 5.32 Å². The van der Waals surface area contributed by atoms with Gasteiger partial charge in [0, 0.05) is 10.6 Å². The third-order valence-electron chi connectivity index (χ3n) is 2.99. The molecule has 5 heteroatoms. The molecule has 0 bridgehead atoms. The largest absolute Gasteiger partial charge is 0.377 e. The molecule has 1 atom stereocenters. The van der Waals surface area contributed by atoms with Crippen LogP contribution in [-0.2, 0) is 0 Å². The van der Waals surface area contributed by atoms with Crippen molar-refractivity contribution in [2.24, 2.45) is 5.73 Å². The van der Waals surface area contributed by atoms with E-state index in [1.165, 1.54) is 0 Å². The average molecular weight is 309 g/mol. The molecule has 2 aromatic carbocycles. The maximum Gasteiger partial charge on any atom is 0.248 e. The van der Waals surface area contributed by atoms with Crippen molar-refractivity contribution in [3.8, 4) is 0 Å². The number of hydrogen-bond donors (Lipinski definition) is 2. The van der Waals surface area contributed by atoms with Crippen LogP contribution in [0.5, 0.6) is 0 Å². The first kappa shape index (κ1) is 14.7. The Morgan fingerprint density at radius 1 is 1.15 bits per heavy atom. The van der Waals surface area contributed by atoms with Crippen molar-refractivity contribution in [1.82, 2.24) is 0 Å². The standard InChI is InChI=1S/C15H14Cl2N2O/c1-9(11-4-2-3-5-12(11)16)19-14-8-10(15(18)20)6-7-13(14)17/h2-9,19H,1H3,(H2,18,20). The molecule has 0 saturated carbocycles. The maximum absolute atomic E-state index is 11.2. The zero-order valence-corrected chi connectivity index (χ0v) is 12.4. The normalized spacial score (nSPS) is 11.9. The molecule has 1 unspecified atom stereocenters. The van der Waals surface area contributed by atoms with Gasteiger partial charge in [0.1, 0.15) is 0 Å². The van der Waals surface area contributed by atoms with Crippen LogP contribution >= 0.6 is 23.2 Å². The summed E-state index contributed by atoms with van der Waals surface area (Å²) in [4.78, 5) is 11.2. The first-order valence-corrected chi connectivity index (χ1v) is 6.85. The summed E-state index contributed by atoms with van der Waals surface area (Å²) >= 11 is 12.3. The number of nitrogens with one attached hydrogen (secondary N) is 1. The van der Waals surface area contributed by atoms with E-state index in [4.69, 9.17) is 28.9 Å². The van der Waals surface area contributed by atoms with Crippen LogP contribution in [0.4, 0.5) is 5.69 Å². The second kappa shape index (κ2) is 6.16. The fourth-order valence-electron chi connectivity index (χ4n) is 1.93. The molecule has 20 heavy (non-hydrogen) atoms. The number of carbonyl (C=O) groups is 1. The molecule has 0 heterocycles. The van der Waals surface area contributed by atoms with Crippen molar-refractivity contribution in [2.45, 2.75) is 13.0 Å². The van der Waals surface area contributed by atoms with E-state index in [0.717, 1.165) is 5.56 Å². The number of rotatable bonds is 4. The molecule has 3 nitrogen and oxygen atoms in total. The topological polar surface area (TPSA) is 55.1 Å². The minimum absolute atomic E-state index is 0.0515. The molecule has 0 saturated heterocycles. The number of halogens is 2. The van der Waals surface area contributed by atoms with E-state index in [9.17, 15) is 4.79 Å². The van der Waals surface area contributed by atoms with Crippen LogP contribution in [0.2, 0.25) is 10.0 Å². The Labute approximate surface area is 127 Å². The lowest BCUT2D eigenvalue weighted by Crippen LogP contribution is -2.12. The SMILES string of the molecule is CC(Nc1cc(C(N)=O)ccc1Cl)c1ccccc1Cl. The first-order valence-electron chi connectivity index (χ1n) is 6.09. The van der Waals surface area contributed by atoms with Gasteiger partial charge < -0.3 is 11.1 Å². The van der Waals surface area contributed by atoms with Gasteiger partial charge in [-0.25, -0.2) is 0 Å². The minimum atomic E-state index is -0.491. The summed E-state index contributed by atoms with van der Waals surface area (Å²) in [6, 6.07) is 12.4. The fourth-order valence-corrected chi connectivity index (χ4v) is 2.40. The fraction of sp³-hybridized carbons (Fsp3) is 0.133. The second-order valence-corrected chi connectivity index (χ2v) is 5.26. The molecule has 2 aromatic rings. The van der Waals surface area contributed by atoms with E-state index in [0.29, 0.717) is 21.3 Å². The smallest absolute Gasteiger partial charge is 0.248 e. The number of anilines is 1. The van der Waals surface area contributed by atoms with E-state index in [-0.39, 0.29) is 6.04 Å². The monoisotopic (exact) mass is 308 g/mol. The predicted molar refractivity (Wildman–Crippen MR) is 83.5 cm³/mol. The molecular weight excluding hydrogens is 295 g/mol. The number of primary amides is 1. The molecule has 104 valence electrons. The molecule has 0 aromatic heterocycles. The summed E-state index contributed by atoms with van der Waals surface area (Å²) in [5.41, 5.74) is 7.28. The zero-order chi connectivity index (χ0) is 14.7. The Hall–Kier alpha value is -1.71. The van der Waals surface area contributed by atoms with Gasteiger partial charge in [-0.2, -0.15) is 0 Å². The number of carbonyl (C=O) groups excluding carboxylic acids is 1. The third-order valence-corrected chi connectivity index (χ3v) is 3.67. The molecule has 3 N–H and O–H groups in total. The van der Waals surface area contributed by atoms with Gasteiger partial charge in [0.25, 0.3) is 0 Å². The van der Waals surface area contributed by atoms with Crippen molar-refractivity contribution in [3.05, 3.63) is 63.6 Å². The molecule has 0 aliphatic rings. The van der Waals surface area contributed by atoms with Crippen molar-refractivity contribution < 1.29 is 4.79 Å². The highest BCUT2D eigenvalue weighted by molar-refractivity contribution is 6.33. The first-order chi connectivity index (χ1) is 9.49. The quantitative estimate of drug-likeness (QED) is 0.886. The van der Waals surface area contributed by atoms with E-state index in [2.05, 4.69) is 5.32 Å². The minimum Gasteiger partial charge on any atom is -0.377 e. The van der Waals surface area contributed by atoms with E-state index in [1.807, 2.05) is 31.2 Å². The Bertz CT molecular complexity index is 644. The Morgan fingerprint density at radius 3 is 2.50 bits per heavy atom. The summed E-state index contributed by atoms with van der Waals surface area (Å²) in [5, 5.41) is 4.44. The molecule has 0 aliphatic carbocycles. The van der Waals surface area contributed by atoms with Gasteiger partial charge in [-0.15, -0.1) is 0 Å². The Morgan fingerprint density at radius 2 is 1.85 bits per heavy atom. The number of hydrogen-bond acceptors (Lipinski definition) is 2. The summed E-state index contributed by atoms with van der Waals surface area (Å²) in [6.07, 6.45) is 0. The Kier molecular flexibility index (Phi) is 4.53. The molecular formula is C15H14Cl2N2O. The summed E-state index contributed by atoms with van der Waals surface area (Å²) in [7, 11) is 0. The average Bonchev–Trinajstić information content (AvgIpc) is 2.41. The highest BCUT2D eigenvalue weighted by Crippen LogP contribution is 2.29. The molecule has 0 radical (unpaired) electrons. The number of amides is 1. The van der Waals surface area contributed by atoms with Crippen LogP contribution in [0.25, 0.3) is 0 Å². The zero-order valence-electron chi connectivity index (χ0n) is 10.9. The number of nitrogens with two attached hydrogens (primary N) is 1. The van der Waals surface area contributed by atoms with Gasteiger partial charge in [0.05, 0.1) is 16.8 Å². The van der Waals surface area contributed by atoms with Crippen molar-refractivity contribution >= 4 is 34.8 Å². The molecule has 0 fully saturated rings. The lowest BCUT2D eigenvalue weighted by atomic mass is 10.1. The summed E-state index contributed by atoms with van der Waals surface area (Å²) in [6.45, 7) is 1.97. The highest BCUT2D eigenvalue weighted by atomic mass is 35.5.